The third-order valence-electron chi connectivity index (χ3n) is 4.47. The van der Waals surface area contributed by atoms with Crippen LogP contribution in [0.5, 0.6) is 0 Å². The fourth-order valence-electron chi connectivity index (χ4n) is 3.10. The minimum atomic E-state index is -0.270. The molecule has 112 valence electrons. The first-order valence-corrected chi connectivity index (χ1v) is 8.22. The van der Waals surface area contributed by atoms with E-state index >= 15 is 0 Å². The monoisotopic (exact) mass is 350 g/mol. The lowest BCUT2D eigenvalue weighted by atomic mass is 9.97. The van der Waals surface area contributed by atoms with Gasteiger partial charge in [-0.1, -0.05) is 22.9 Å². The summed E-state index contributed by atoms with van der Waals surface area (Å²) in [6.45, 7) is 4.07. The molecule has 0 aliphatic carbocycles. The molecular formula is C16H19BrN2O2. The minimum Gasteiger partial charge on any atom is -0.292 e. The summed E-state index contributed by atoms with van der Waals surface area (Å²) in [7, 11) is 0. The first-order valence-electron chi connectivity index (χ1n) is 7.42. The number of amides is 2. The lowest BCUT2D eigenvalue weighted by molar-refractivity contribution is -0.123. The van der Waals surface area contributed by atoms with Gasteiger partial charge in [-0.05, 0) is 56.1 Å². The Labute approximate surface area is 133 Å². The van der Waals surface area contributed by atoms with Gasteiger partial charge < -0.3 is 0 Å². The van der Waals surface area contributed by atoms with E-state index in [4.69, 9.17) is 0 Å². The van der Waals surface area contributed by atoms with Gasteiger partial charge in [0.05, 0.1) is 18.2 Å². The van der Waals surface area contributed by atoms with Crippen LogP contribution in [0.25, 0.3) is 0 Å². The fraction of sp³-hybridized carbons (Fsp3) is 0.500. The summed E-state index contributed by atoms with van der Waals surface area (Å²) in [4.78, 5) is 28.4. The molecule has 4 nitrogen and oxygen atoms in total. The second-order valence-corrected chi connectivity index (χ2v) is 6.90. The molecule has 0 aromatic heterocycles. The molecule has 2 aliphatic heterocycles. The van der Waals surface area contributed by atoms with Gasteiger partial charge in [0.25, 0.3) is 5.91 Å². The Morgan fingerprint density at radius 3 is 2.33 bits per heavy atom. The Morgan fingerprint density at radius 1 is 1.10 bits per heavy atom. The zero-order valence-corrected chi connectivity index (χ0v) is 13.7. The highest BCUT2D eigenvalue weighted by atomic mass is 79.9. The van der Waals surface area contributed by atoms with Gasteiger partial charge in [-0.25, -0.2) is 4.90 Å². The minimum absolute atomic E-state index is 0.0723. The van der Waals surface area contributed by atoms with Gasteiger partial charge in [0, 0.05) is 4.47 Å². The van der Waals surface area contributed by atoms with Crippen molar-refractivity contribution in [2.75, 3.05) is 18.0 Å². The van der Waals surface area contributed by atoms with E-state index in [1.165, 1.54) is 4.90 Å². The number of likely N-dealkylation sites (tertiary alicyclic amines) is 1. The maximum atomic E-state index is 12.6. The van der Waals surface area contributed by atoms with Gasteiger partial charge in [-0.2, -0.15) is 0 Å². The quantitative estimate of drug-likeness (QED) is 0.770. The highest BCUT2D eigenvalue weighted by Crippen LogP contribution is 2.29. The largest absolute Gasteiger partial charge is 0.292 e. The summed E-state index contributed by atoms with van der Waals surface area (Å²) in [5.41, 5.74) is 0.668. The van der Waals surface area contributed by atoms with Crippen molar-refractivity contribution in [3.05, 3.63) is 28.7 Å². The second-order valence-electron chi connectivity index (χ2n) is 5.98. The lowest BCUT2D eigenvalue weighted by Crippen LogP contribution is -2.45. The van der Waals surface area contributed by atoms with E-state index in [1.54, 1.807) is 12.1 Å². The number of halogens is 1. The number of carbonyl (C=O) groups is 2. The highest BCUT2D eigenvalue weighted by Gasteiger charge is 2.43. The Hall–Kier alpha value is -1.20. The van der Waals surface area contributed by atoms with E-state index in [-0.39, 0.29) is 17.9 Å². The molecule has 2 saturated heterocycles. The maximum Gasteiger partial charge on any atom is 0.251 e. The number of anilines is 1. The van der Waals surface area contributed by atoms with Crippen LogP contribution in [0.3, 0.4) is 0 Å². The Morgan fingerprint density at radius 2 is 1.71 bits per heavy atom. The summed E-state index contributed by atoms with van der Waals surface area (Å²) in [6, 6.07) is 7.05. The molecule has 0 unspecified atom stereocenters. The van der Waals surface area contributed by atoms with E-state index < -0.39 is 0 Å². The average Bonchev–Trinajstić information content (AvgIpc) is 2.76. The Bertz CT molecular complexity index is 550. The van der Waals surface area contributed by atoms with Gasteiger partial charge in [0.15, 0.2) is 0 Å². The third-order valence-corrected chi connectivity index (χ3v) is 5.00. The fourth-order valence-corrected chi connectivity index (χ4v) is 3.37. The van der Waals surface area contributed by atoms with Crippen LogP contribution in [0, 0.1) is 5.92 Å². The van der Waals surface area contributed by atoms with Crippen LogP contribution < -0.4 is 4.90 Å². The van der Waals surface area contributed by atoms with Crippen LogP contribution in [0.15, 0.2) is 28.7 Å². The molecule has 2 heterocycles. The highest BCUT2D eigenvalue weighted by molar-refractivity contribution is 9.10. The van der Waals surface area contributed by atoms with Crippen molar-refractivity contribution in [1.29, 1.82) is 0 Å². The van der Waals surface area contributed by atoms with Crippen molar-refractivity contribution < 1.29 is 9.59 Å². The summed E-state index contributed by atoms with van der Waals surface area (Å²) in [5.74, 6) is 0.554. The molecule has 1 atom stereocenters. The van der Waals surface area contributed by atoms with Crippen molar-refractivity contribution in [2.24, 2.45) is 5.92 Å². The number of nitrogens with zero attached hydrogens (tertiary/aromatic N) is 2. The maximum absolute atomic E-state index is 12.6. The van der Waals surface area contributed by atoms with Crippen LogP contribution >= 0.6 is 15.9 Å². The van der Waals surface area contributed by atoms with Crippen LogP contribution in [0.2, 0.25) is 0 Å². The first kappa shape index (κ1) is 14.7. The molecule has 0 N–H and O–H groups in total. The van der Waals surface area contributed by atoms with Crippen molar-refractivity contribution in [3.8, 4) is 0 Å². The zero-order chi connectivity index (χ0) is 15.0. The molecule has 1 aromatic carbocycles. The van der Waals surface area contributed by atoms with Crippen LogP contribution in [0.4, 0.5) is 5.69 Å². The van der Waals surface area contributed by atoms with Crippen LogP contribution in [0.1, 0.15) is 26.2 Å². The van der Waals surface area contributed by atoms with E-state index in [9.17, 15) is 9.59 Å². The van der Waals surface area contributed by atoms with Crippen molar-refractivity contribution >= 4 is 33.4 Å². The molecule has 0 spiro atoms. The molecule has 21 heavy (non-hydrogen) atoms. The Balaban J connectivity index is 1.77. The molecule has 2 aliphatic rings. The van der Waals surface area contributed by atoms with E-state index in [0.717, 1.165) is 36.3 Å². The molecule has 5 heteroatoms. The molecule has 3 rings (SSSR count). The van der Waals surface area contributed by atoms with Crippen molar-refractivity contribution in [3.63, 3.8) is 0 Å². The molecule has 1 aromatic rings. The lowest BCUT2D eigenvalue weighted by Gasteiger charge is -2.33. The van der Waals surface area contributed by atoms with E-state index in [2.05, 4.69) is 27.8 Å². The van der Waals surface area contributed by atoms with Crippen molar-refractivity contribution in [2.45, 2.75) is 32.2 Å². The zero-order valence-electron chi connectivity index (χ0n) is 12.1. The van der Waals surface area contributed by atoms with Gasteiger partial charge in [-0.15, -0.1) is 0 Å². The van der Waals surface area contributed by atoms with Crippen molar-refractivity contribution in [1.82, 2.24) is 4.90 Å². The molecule has 0 radical (unpaired) electrons. The average molecular weight is 351 g/mol. The topological polar surface area (TPSA) is 40.6 Å². The van der Waals surface area contributed by atoms with E-state index in [1.807, 2.05) is 12.1 Å². The summed E-state index contributed by atoms with van der Waals surface area (Å²) in [6.07, 6.45) is 2.52. The number of imide groups is 1. The van der Waals surface area contributed by atoms with Crippen LogP contribution in [-0.4, -0.2) is 35.8 Å². The van der Waals surface area contributed by atoms with Gasteiger partial charge in [-0.3, -0.25) is 14.5 Å². The number of hydrogen-bond acceptors (Lipinski definition) is 3. The standard InChI is InChI=1S/C16H19BrN2O2/c1-11-6-8-18(9-7-11)14-10-15(20)19(16(14)21)13-4-2-12(17)3-5-13/h2-5,11,14H,6-10H2,1H3/t14-/m0/s1. The SMILES string of the molecule is CC1CCN([C@H]2CC(=O)N(c3ccc(Br)cc3)C2=O)CC1. The second kappa shape index (κ2) is 5.89. The molecule has 2 fully saturated rings. The number of rotatable bonds is 2. The predicted molar refractivity (Wildman–Crippen MR) is 85.0 cm³/mol. The number of carbonyl (C=O) groups excluding carboxylic acids is 2. The summed E-state index contributed by atoms with van der Waals surface area (Å²) >= 11 is 3.37. The molecular weight excluding hydrogens is 332 g/mol. The smallest absolute Gasteiger partial charge is 0.251 e. The van der Waals surface area contributed by atoms with E-state index in [0.29, 0.717) is 12.1 Å². The number of hydrogen-bond donors (Lipinski definition) is 0. The molecule has 0 saturated carbocycles. The van der Waals surface area contributed by atoms with Gasteiger partial charge in [0.2, 0.25) is 5.91 Å². The third kappa shape index (κ3) is 2.90. The predicted octanol–water partition coefficient (Wildman–Crippen LogP) is 2.81. The number of benzene rings is 1. The van der Waals surface area contributed by atoms with Gasteiger partial charge in [0.1, 0.15) is 0 Å². The summed E-state index contributed by atoms with van der Waals surface area (Å²) < 4.78 is 0.937. The number of piperidine rings is 1. The summed E-state index contributed by atoms with van der Waals surface area (Å²) in [5, 5.41) is 0. The Kier molecular flexibility index (Phi) is 4.13. The molecule has 0 bridgehead atoms. The molecule has 2 amide bonds. The first-order chi connectivity index (χ1) is 10.1. The van der Waals surface area contributed by atoms with Crippen LogP contribution in [-0.2, 0) is 9.59 Å². The van der Waals surface area contributed by atoms with Gasteiger partial charge >= 0.3 is 0 Å². The normalized spacial score (nSPS) is 24.9.